The number of amides is 2. The van der Waals surface area contributed by atoms with E-state index in [0.717, 1.165) is 11.8 Å². The van der Waals surface area contributed by atoms with Gasteiger partial charge < -0.3 is 20.1 Å². The van der Waals surface area contributed by atoms with Crippen LogP contribution in [0.2, 0.25) is 0 Å². The molecule has 1 aliphatic rings. The molecule has 4 rings (SSSR count). The van der Waals surface area contributed by atoms with Crippen LogP contribution in [-0.4, -0.2) is 35.9 Å². The first-order chi connectivity index (χ1) is 15.6. The predicted octanol–water partition coefficient (Wildman–Crippen LogP) is 3.65. The molecule has 0 spiro atoms. The molecule has 0 fully saturated rings. The Hall–Kier alpha value is -3.59. The summed E-state index contributed by atoms with van der Waals surface area (Å²) in [5.41, 5.74) is 1.49. The Bertz CT molecular complexity index is 1140. The Balaban J connectivity index is 1.31. The zero-order chi connectivity index (χ0) is 22.3. The number of nitrogens with zero attached hydrogens (tertiary/aromatic N) is 1. The summed E-state index contributed by atoms with van der Waals surface area (Å²) in [7, 11) is 0. The van der Waals surface area contributed by atoms with Crippen LogP contribution in [0.4, 0.5) is 10.1 Å². The van der Waals surface area contributed by atoms with E-state index in [0.29, 0.717) is 39.8 Å². The third kappa shape index (κ3) is 5.36. The normalized spacial score (nSPS) is 11.8. The van der Waals surface area contributed by atoms with Gasteiger partial charge in [0.05, 0.1) is 11.3 Å². The van der Waals surface area contributed by atoms with Gasteiger partial charge >= 0.3 is 0 Å². The molecular weight excluding hydrogens is 433 g/mol. The molecule has 0 saturated heterocycles. The number of nitrogens with one attached hydrogen (secondary N) is 2. The Morgan fingerprint density at radius 2 is 1.91 bits per heavy atom. The van der Waals surface area contributed by atoms with Gasteiger partial charge in [-0.25, -0.2) is 9.37 Å². The van der Waals surface area contributed by atoms with Gasteiger partial charge in [-0.2, -0.15) is 0 Å². The van der Waals surface area contributed by atoms with Crippen LogP contribution in [0.15, 0.2) is 65.8 Å². The molecule has 0 radical (unpaired) electrons. The van der Waals surface area contributed by atoms with Crippen LogP contribution >= 0.6 is 11.8 Å². The van der Waals surface area contributed by atoms with Crippen LogP contribution in [0.3, 0.4) is 0 Å². The van der Waals surface area contributed by atoms with E-state index < -0.39 is 0 Å². The van der Waals surface area contributed by atoms with E-state index in [1.54, 1.807) is 54.7 Å². The van der Waals surface area contributed by atoms with Gasteiger partial charge in [0.1, 0.15) is 10.8 Å². The number of halogens is 1. The Morgan fingerprint density at radius 1 is 1.06 bits per heavy atom. The summed E-state index contributed by atoms with van der Waals surface area (Å²) in [6, 6.07) is 14.9. The van der Waals surface area contributed by atoms with Gasteiger partial charge in [0.25, 0.3) is 5.91 Å². The summed E-state index contributed by atoms with van der Waals surface area (Å²) in [6.45, 7) is 0.441. The van der Waals surface area contributed by atoms with E-state index in [1.165, 1.54) is 6.07 Å². The number of ether oxygens (including phenoxy) is 2. The number of pyridine rings is 1. The lowest BCUT2D eigenvalue weighted by molar-refractivity contribution is -0.113. The number of anilines is 1. The van der Waals surface area contributed by atoms with Gasteiger partial charge in [0.2, 0.25) is 12.7 Å². The SMILES string of the molecule is O=C(CSc1ncccc1C(=O)NCCc1ccccc1F)Nc1ccc2c(c1)OCO2. The molecule has 2 N–H and O–H groups in total. The second-order valence-electron chi connectivity index (χ2n) is 6.86. The lowest BCUT2D eigenvalue weighted by Gasteiger charge is -2.10. The quantitative estimate of drug-likeness (QED) is 0.506. The van der Waals surface area contributed by atoms with Crippen molar-refractivity contribution in [2.24, 2.45) is 0 Å². The summed E-state index contributed by atoms with van der Waals surface area (Å²) in [6.07, 6.45) is 1.94. The molecule has 2 heterocycles. The minimum Gasteiger partial charge on any atom is -0.454 e. The van der Waals surface area contributed by atoms with Crippen LogP contribution in [-0.2, 0) is 11.2 Å². The van der Waals surface area contributed by atoms with Crippen molar-refractivity contribution < 1.29 is 23.5 Å². The smallest absolute Gasteiger partial charge is 0.254 e. The van der Waals surface area contributed by atoms with Crippen molar-refractivity contribution in [3.8, 4) is 11.5 Å². The molecule has 3 aromatic rings. The standard InChI is InChI=1S/C23H20FN3O4S/c24-18-6-2-1-4-15(18)9-11-25-22(29)17-5-3-10-26-23(17)32-13-21(28)27-16-7-8-19-20(12-16)31-14-30-19/h1-8,10,12H,9,11,13-14H2,(H,25,29)(H,27,28). The van der Waals surface area contributed by atoms with E-state index >= 15 is 0 Å². The molecule has 32 heavy (non-hydrogen) atoms. The van der Waals surface area contributed by atoms with E-state index in [-0.39, 0.29) is 36.7 Å². The third-order valence-electron chi connectivity index (χ3n) is 4.65. The maximum Gasteiger partial charge on any atom is 0.254 e. The molecule has 1 aliphatic heterocycles. The highest BCUT2D eigenvalue weighted by molar-refractivity contribution is 8.00. The molecule has 2 amide bonds. The first-order valence-corrected chi connectivity index (χ1v) is 10.9. The fraction of sp³-hybridized carbons (Fsp3) is 0.174. The lowest BCUT2D eigenvalue weighted by Crippen LogP contribution is -2.26. The van der Waals surface area contributed by atoms with E-state index in [4.69, 9.17) is 9.47 Å². The van der Waals surface area contributed by atoms with Crippen LogP contribution in [0, 0.1) is 5.82 Å². The molecule has 2 aromatic carbocycles. The first-order valence-electron chi connectivity index (χ1n) is 9.89. The highest BCUT2D eigenvalue weighted by atomic mass is 32.2. The van der Waals surface area contributed by atoms with Crippen molar-refractivity contribution in [3.63, 3.8) is 0 Å². The highest BCUT2D eigenvalue weighted by Crippen LogP contribution is 2.34. The average Bonchev–Trinajstić information content (AvgIpc) is 3.27. The van der Waals surface area contributed by atoms with Gasteiger partial charge in [0.15, 0.2) is 11.5 Å². The second-order valence-corrected chi connectivity index (χ2v) is 7.82. The summed E-state index contributed by atoms with van der Waals surface area (Å²) in [5, 5.41) is 6.01. The van der Waals surface area contributed by atoms with Crippen molar-refractivity contribution in [2.75, 3.05) is 24.4 Å². The highest BCUT2D eigenvalue weighted by Gasteiger charge is 2.16. The van der Waals surface area contributed by atoms with Gasteiger partial charge in [-0.05, 0) is 42.3 Å². The molecule has 7 nitrogen and oxygen atoms in total. The molecule has 0 atom stereocenters. The van der Waals surface area contributed by atoms with E-state index in [1.807, 2.05) is 0 Å². The number of hydrogen-bond acceptors (Lipinski definition) is 6. The van der Waals surface area contributed by atoms with Gasteiger partial charge in [0, 0.05) is 24.5 Å². The number of aromatic nitrogens is 1. The predicted molar refractivity (Wildman–Crippen MR) is 119 cm³/mol. The topological polar surface area (TPSA) is 89.6 Å². The number of thioether (sulfide) groups is 1. The maximum absolute atomic E-state index is 13.7. The van der Waals surface area contributed by atoms with Crippen LogP contribution in [0.5, 0.6) is 11.5 Å². The van der Waals surface area contributed by atoms with Gasteiger partial charge in [-0.1, -0.05) is 30.0 Å². The monoisotopic (exact) mass is 453 g/mol. The van der Waals surface area contributed by atoms with Crippen LogP contribution in [0.1, 0.15) is 15.9 Å². The zero-order valence-corrected chi connectivity index (χ0v) is 17.8. The molecule has 1 aromatic heterocycles. The average molecular weight is 453 g/mol. The Morgan fingerprint density at radius 3 is 2.78 bits per heavy atom. The number of hydrogen-bond donors (Lipinski definition) is 2. The van der Waals surface area contributed by atoms with Crippen LogP contribution < -0.4 is 20.1 Å². The maximum atomic E-state index is 13.7. The second kappa shape index (κ2) is 10.1. The number of rotatable bonds is 8. The molecule has 0 bridgehead atoms. The molecule has 9 heteroatoms. The third-order valence-corrected chi connectivity index (χ3v) is 5.66. The largest absolute Gasteiger partial charge is 0.454 e. The zero-order valence-electron chi connectivity index (χ0n) is 17.0. The molecule has 164 valence electrons. The minimum absolute atomic E-state index is 0.0704. The lowest BCUT2D eigenvalue weighted by atomic mass is 10.1. The number of benzene rings is 2. The Kier molecular flexibility index (Phi) is 6.86. The van der Waals surface area contributed by atoms with Gasteiger partial charge in [-0.15, -0.1) is 0 Å². The Labute approximate surface area is 188 Å². The summed E-state index contributed by atoms with van der Waals surface area (Å²) in [4.78, 5) is 29.2. The van der Waals surface area contributed by atoms with Crippen LogP contribution in [0.25, 0.3) is 0 Å². The number of fused-ring (bicyclic) bond motifs is 1. The molecule has 0 saturated carbocycles. The summed E-state index contributed by atoms with van der Waals surface area (Å²) < 4.78 is 24.3. The molecule has 0 aliphatic carbocycles. The number of carbonyl (C=O) groups excluding carboxylic acids is 2. The van der Waals surface area contributed by atoms with Crippen molar-refractivity contribution >= 4 is 29.3 Å². The molecule has 0 unspecified atom stereocenters. The summed E-state index contributed by atoms with van der Waals surface area (Å²) >= 11 is 1.16. The van der Waals surface area contributed by atoms with Crippen molar-refractivity contribution in [2.45, 2.75) is 11.4 Å². The number of carbonyl (C=O) groups is 2. The van der Waals surface area contributed by atoms with E-state index in [2.05, 4.69) is 15.6 Å². The fourth-order valence-corrected chi connectivity index (χ4v) is 3.88. The summed E-state index contributed by atoms with van der Waals surface area (Å²) in [5.74, 6) is 0.415. The van der Waals surface area contributed by atoms with Crippen molar-refractivity contribution in [1.29, 1.82) is 0 Å². The molecular formula is C23H20FN3O4S. The van der Waals surface area contributed by atoms with E-state index in [9.17, 15) is 14.0 Å². The van der Waals surface area contributed by atoms with Crippen molar-refractivity contribution in [1.82, 2.24) is 10.3 Å². The van der Waals surface area contributed by atoms with Gasteiger partial charge in [-0.3, -0.25) is 9.59 Å². The fourth-order valence-electron chi connectivity index (χ4n) is 3.09. The van der Waals surface area contributed by atoms with Crippen molar-refractivity contribution in [3.05, 3.63) is 77.7 Å². The first kappa shape index (κ1) is 21.6. The minimum atomic E-state index is -0.326.